The van der Waals surface area contributed by atoms with Crippen molar-refractivity contribution >= 4 is 0 Å². The number of rotatable bonds is 7. The summed E-state index contributed by atoms with van der Waals surface area (Å²) in [6, 6.07) is 8.12. The molecule has 0 bridgehead atoms. The van der Waals surface area contributed by atoms with Crippen molar-refractivity contribution in [3.63, 3.8) is 0 Å². The summed E-state index contributed by atoms with van der Waals surface area (Å²) in [5.41, 5.74) is 0.912. The molecule has 1 heterocycles. The Morgan fingerprint density at radius 3 is 2.55 bits per heavy atom. The Morgan fingerprint density at radius 1 is 1.18 bits per heavy atom. The van der Waals surface area contributed by atoms with Crippen LogP contribution in [0.5, 0.6) is 5.75 Å². The van der Waals surface area contributed by atoms with Crippen LogP contribution in [0, 0.1) is 0 Å². The van der Waals surface area contributed by atoms with Crippen LogP contribution < -0.4 is 4.74 Å². The number of benzene rings is 1. The number of hydrogen-bond donors (Lipinski definition) is 1. The average molecular weight is 308 g/mol. The summed E-state index contributed by atoms with van der Waals surface area (Å²) in [6.45, 7) is 7.64. The van der Waals surface area contributed by atoms with Crippen molar-refractivity contribution in [3.8, 4) is 5.75 Å². The van der Waals surface area contributed by atoms with Crippen molar-refractivity contribution < 1.29 is 14.6 Å². The van der Waals surface area contributed by atoms with E-state index in [2.05, 4.69) is 16.7 Å². The van der Waals surface area contributed by atoms with Gasteiger partial charge in [0, 0.05) is 45.9 Å². The largest absolute Gasteiger partial charge is 0.497 e. The van der Waals surface area contributed by atoms with Crippen molar-refractivity contribution in [3.05, 3.63) is 29.8 Å². The number of piperazine rings is 1. The highest BCUT2D eigenvalue weighted by molar-refractivity contribution is 5.29. The third-order valence-corrected chi connectivity index (χ3v) is 4.35. The lowest BCUT2D eigenvalue weighted by molar-refractivity contribution is 0.0369. The summed E-state index contributed by atoms with van der Waals surface area (Å²) in [4.78, 5) is 4.76. The molecular weight excluding hydrogens is 280 g/mol. The Balaban J connectivity index is 1.82. The van der Waals surface area contributed by atoms with Crippen LogP contribution in [-0.2, 0) is 4.74 Å². The van der Waals surface area contributed by atoms with Gasteiger partial charge in [0.2, 0.25) is 0 Å². The van der Waals surface area contributed by atoms with Crippen LogP contribution in [-0.4, -0.2) is 74.5 Å². The molecule has 1 aromatic rings. The second-order valence-electron chi connectivity index (χ2n) is 5.93. The SMILES string of the molecule is COCC(C)N1CCN(CC(O)c2cccc(OC)c2)CC1. The summed E-state index contributed by atoms with van der Waals surface area (Å²) in [5.74, 6) is 0.787. The fraction of sp³-hybridized carbons (Fsp3) is 0.647. The van der Waals surface area contributed by atoms with Crippen molar-refractivity contribution in [2.75, 3.05) is 53.6 Å². The molecule has 1 aromatic carbocycles. The van der Waals surface area contributed by atoms with Crippen LogP contribution in [0.1, 0.15) is 18.6 Å². The summed E-state index contributed by atoms with van der Waals surface area (Å²) in [6.07, 6.45) is -0.474. The third kappa shape index (κ3) is 4.68. The van der Waals surface area contributed by atoms with E-state index in [0.29, 0.717) is 12.6 Å². The zero-order valence-electron chi connectivity index (χ0n) is 13.9. The van der Waals surface area contributed by atoms with Crippen molar-refractivity contribution in [1.29, 1.82) is 0 Å². The predicted molar refractivity (Wildman–Crippen MR) is 87.3 cm³/mol. The van der Waals surface area contributed by atoms with Crippen LogP contribution in [0.25, 0.3) is 0 Å². The minimum Gasteiger partial charge on any atom is -0.497 e. The van der Waals surface area contributed by atoms with E-state index in [0.717, 1.165) is 44.1 Å². The van der Waals surface area contributed by atoms with Gasteiger partial charge in [-0.05, 0) is 24.6 Å². The van der Waals surface area contributed by atoms with E-state index < -0.39 is 6.10 Å². The lowest BCUT2D eigenvalue weighted by Crippen LogP contribution is -2.51. The van der Waals surface area contributed by atoms with Gasteiger partial charge in [-0.25, -0.2) is 0 Å². The van der Waals surface area contributed by atoms with Gasteiger partial charge >= 0.3 is 0 Å². The van der Waals surface area contributed by atoms with Crippen LogP contribution in [0.3, 0.4) is 0 Å². The van der Waals surface area contributed by atoms with Gasteiger partial charge in [-0.2, -0.15) is 0 Å². The molecule has 2 atom stereocenters. The highest BCUT2D eigenvalue weighted by atomic mass is 16.5. The van der Waals surface area contributed by atoms with E-state index in [1.807, 2.05) is 24.3 Å². The lowest BCUT2D eigenvalue weighted by atomic mass is 10.1. The molecule has 2 rings (SSSR count). The van der Waals surface area contributed by atoms with Gasteiger partial charge in [-0.1, -0.05) is 12.1 Å². The van der Waals surface area contributed by atoms with Crippen LogP contribution >= 0.6 is 0 Å². The fourth-order valence-corrected chi connectivity index (χ4v) is 2.93. The highest BCUT2D eigenvalue weighted by Crippen LogP contribution is 2.20. The number of aliphatic hydroxyl groups is 1. The molecule has 0 radical (unpaired) electrons. The zero-order chi connectivity index (χ0) is 15.9. The smallest absolute Gasteiger partial charge is 0.119 e. The Morgan fingerprint density at radius 2 is 1.91 bits per heavy atom. The summed E-state index contributed by atoms with van der Waals surface area (Å²) >= 11 is 0. The first kappa shape index (κ1) is 17.2. The average Bonchev–Trinajstić information content (AvgIpc) is 2.55. The van der Waals surface area contributed by atoms with Gasteiger partial charge in [0.05, 0.1) is 19.8 Å². The Bertz CT molecular complexity index is 447. The zero-order valence-corrected chi connectivity index (χ0v) is 13.9. The molecule has 124 valence electrons. The molecule has 22 heavy (non-hydrogen) atoms. The number of methoxy groups -OCH3 is 2. The van der Waals surface area contributed by atoms with Crippen molar-refractivity contribution in [2.45, 2.75) is 19.1 Å². The maximum absolute atomic E-state index is 10.4. The molecule has 1 aliphatic heterocycles. The maximum Gasteiger partial charge on any atom is 0.119 e. The van der Waals surface area contributed by atoms with E-state index >= 15 is 0 Å². The lowest BCUT2D eigenvalue weighted by Gasteiger charge is -2.38. The molecule has 0 amide bonds. The van der Waals surface area contributed by atoms with Crippen LogP contribution in [0.4, 0.5) is 0 Å². The van der Waals surface area contributed by atoms with Crippen molar-refractivity contribution in [1.82, 2.24) is 9.80 Å². The normalized spacial score (nSPS) is 19.8. The first-order valence-electron chi connectivity index (χ1n) is 7.91. The Labute approximate surface area is 133 Å². The minimum atomic E-state index is -0.474. The number of aliphatic hydroxyl groups excluding tert-OH is 1. The Kier molecular flexibility index (Phi) is 6.64. The molecule has 0 aliphatic carbocycles. The monoisotopic (exact) mass is 308 g/mol. The standard InChI is InChI=1S/C17H28N2O3/c1-14(13-21-2)19-9-7-18(8-10-19)12-17(20)15-5-4-6-16(11-15)22-3/h4-6,11,14,17,20H,7-10,12-13H2,1-3H3. The molecule has 1 aliphatic rings. The number of hydrogen-bond acceptors (Lipinski definition) is 5. The van der Waals surface area contributed by atoms with Crippen molar-refractivity contribution in [2.24, 2.45) is 0 Å². The topological polar surface area (TPSA) is 45.2 Å². The second-order valence-corrected chi connectivity index (χ2v) is 5.93. The highest BCUT2D eigenvalue weighted by Gasteiger charge is 2.22. The third-order valence-electron chi connectivity index (χ3n) is 4.35. The van der Waals surface area contributed by atoms with Crippen LogP contribution in [0.15, 0.2) is 24.3 Å². The predicted octanol–water partition coefficient (Wildman–Crippen LogP) is 1.38. The molecule has 2 unspecified atom stereocenters. The number of ether oxygens (including phenoxy) is 2. The van der Waals surface area contributed by atoms with E-state index in [4.69, 9.17) is 9.47 Å². The van der Waals surface area contributed by atoms with Gasteiger partial charge < -0.3 is 14.6 Å². The Hall–Kier alpha value is -1.14. The van der Waals surface area contributed by atoms with E-state index in [1.54, 1.807) is 14.2 Å². The molecule has 0 spiro atoms. The summed E-state index contributed by atoms with van der Waals surface area (Å²) in [5, 5.41) is 10.4. The fourth-order valence-electron chi connectivity index (χ4n) is 2.93. The first-order valence-corrected chi connectivity index (χ1v) is 7.91. The molecule has 5 heteroatoms. The molecule has 1 N–H and O–H groups in total. The van der Waals surface area contributed by atoms with Gasteiger partial charge in [0.25, 0.3) is 0 Å². The van der Waals surface area contributed by atoms with E-state index in [9.17, 15) is 5.11 Å². The second kappa shape index (κ2) is 8.48. The molecule has 1 fully saturated rings. The first-order chi connectivity index (χ1) is 10.6. The van der Waals surface area contributed by atoms with Crippen LogP contribution in [0.2, 0.25) is 0 Å². The summed E-state index contributed by atoms with van der Waals surface area (Å²) < 4.78 is 10.4. The molecule has 5 nitrogen and oxygen atoms in total. The van der Waals surface area contributed by atoms with E-state index in [-0.39, 0.29) is 0 Å². The quantitative estimate of drug-likeness (QED) is 0.824. The number of nitrogens with zero attached hydrogens (tertiary/aromatic N) is 2. The van der Waals surface area contributed by atoms with Gasteiger partial charge in [0.15, 0.2) is 0 Å². The molecule has 0 aromatic heterocycles. The molecule has 0 saturated carbocycles. The minimum absolute atomic E-state index is 0.454. The molecular formula is C17H28N2O3. The van der Waals surface area contributed by atoms with Gasteiger partial charge in [-0.15, -0.1) is 0 Å². The number of β-amino-alcohol motifs (C(OH)–C–C–N with tert-alkyl or cyclic N) is 1. The molecule has 1 saturated heterocycles. The summed E-state index contributed by atoms with van der Waals surface area (Å²) in [7, 11) is 3.39. The maximum atomic E-state index is 10.4. The van der Waals surface area contributed by atoms with Gasteiger partial charge in [0.1, 0.15) is 5.75 Å². The van der Waals surface area contributed by atoms with E-state index in [1.165, 1.54) is 0 Å². The van der Waals surface area contributed by atoms with Gasteiger partial charge in [-0.3, -0.25) is 9.80 Å².